The molecule has 0 unspecified atom stereocenters. The number of amides is 2. The van der Waals surface area contributed by atoms with Crippen molar-refractivity contribution in [2.45, 2.75) is 45.1 Å². The SMILES string of the molecule is CC(=O)CCCCC[C@H](NC(=O)c1cncs1)C(=O)Nc1ccc2ncsc2c1. The summed E-state index contributed by atoms with van der Waals surface area (Å²) in [5.41, 5.74) is 4.89. The summed E-state index contributed by atoms with van der Waals surface area (Å²) in [5.74, 6) is -0.413. The third-order valence-electron chi connectivity index (χ3n) is 4.40. The highest BCUT2D eigenvalue weighted by atomic mass is 32.1. The first-order chi connectivity index (χ1) is 14.0. The van der Waals surface area contributed by atoms with Crippen LogP contribution in [0.3, 0.4) is 0 Å². The van der Waals surface area contributed by atoms with Gasteiger partial charge in [0.05, 0.1) is 27.4 Å². The zero-order valence-corrected chi connectivity index (χ0v) is 17.6. The molecule has 29 heavy (non-hydrogen) atoms. The zero-order chi connectivity index (χ0) is 20.6. The molecule has 1 atom stereocenters. The van der Waals surface area contributed by atoms with E-state index >= 15 is 0 Å². The molecule has 2 N–H and O–H groups in total. The number of nitrogens with zero attached hydrogens (tertiary/aromatic N) is 2. The van der Waals surface area contributed by atoms with E-state index in [9.17, 15) is 14.4 Å². The summed E-state index contributed by atoms with van der Waals surface area (Å²) in [6.45, 7) is 1.57. The lowest BCUT2D eigenvalue weighted by Crippen LogP contribution is -2.43. The molecule has 7 nitrogen and oxygen atoms in total. The molecule has 2 amide bonds. The molecule has 0 aliphatic rings. The fourth-order valence-electron chi connectivity index (χ4n) is 2.89. The lowest BCUT2D eigenvalue weighted by Gasteiger charge is -2.18. The second-order valence-electron chi connectivity index (χ2n) is 6.72. The van der Waals surface area contributed by atoms with E-state index in [1.165, 1.54) is 28.9 Å². The summed E-state index contributed by atoms with van der Waals surface area (Å²) in [6.07, 6.45) is 4.87. The van der Waals surface area contributed by atoms with Gasteiger partial charge in [0.1, 0.15) is 16.7 Å². The second-order valence-corrected chi connectivity index (χ2v) is 8.49. The first-order valence-electron chi connectivity index (χ1n) is 9.36. The van der Waals surface area contributed by atoms with Crippen LogP contribution < -0.4 is 10.6 Å². The Morgan fingerprint density at radius 2 is 1.97 bits per heavy atom. The standard InChI is InChI=1S/C20H22N4O3S2/c1-13(25)5-3-2-4-6-16(24-20(27)18-10-21-11-28-18)19(26)23-14-7-8-15-17(9-14)29-12-22-15/h7-12,16H,2-6H2,1H3,(H,23,26)(H,24,27)/t16-/m0/s1. The van der Waals surface area contributed by atoms with Crippen molar-refractivity contribution < 1.29 is 14.4 Å². The number of hydrogen-bond acceptors (Lipinski definition) is 7. The average Bonchev–Trinajstić information content (AvgIpc) is 3.37. The topological polar surface area (TPSA) is 101 Å². The highest BCUT2D eigenvalue weighted by molar-refractivity contribution is 7.16. The molecular weight excluding hydrogens is 408 g/mol. The van der Waals surface area contributed by atoms with Gasteiger partial charge in [-0.25, -0.2) is 4.98 Å². The lowest BCUT2D eigenvalue weighted by molar-refractivity contribution is -0.118. The van der Waals surface area contributed by atoms with Gasteiger partial charge in [-0.3, -0.25) is 14.6 Å². The number of nitrogens with one attached hydrogen (secondary N) is 2. The Hall–Kier alpha value is -2.65. The van der Waals surface area contributed by atoms with Gasteiger partial charge in [-0.1, -0.05) is 12.8 Å². The molecule has 0 saturated heterocycles. The van der Waals surface area contributed by atoms with E-state index in [0.29, 0.717) is 23.4 Å². The number of fused-ring (bicyclic) bond motifs is 1. The van der Waals surface area contributed by atoms with E-state index in [1.807, 2.05) is 12.1 Å². The van der Waals surface area contributed by atoms with Crippen molar-refractivity contribution in [3.63, 3.8) is 0 Å². The molecule has 0 bridgehead atoms. The zero-order valence-electron chi connectivity index (χ0n) is 16.0. The van der Waals surface area contributed by atoms with Crippen molar-refractivity contribution in [3.8, 4) is 0 Å². The number of aromatic nitrogens is 2. The van der Waals surface area contributed by atoms with E-state index in [-0.39, 0.29) is 17.6 Å². The van der Waals surface area contributed by atoms with E-state index in [0.717, 1.165) is 29.5 Å². The second kappa shape index (κ2) is 10.2. The van der Waals surface area contributed by atoms with Crippen LogP contribution >= 0.6 is 22.7 Å². The largest absolute Gasteiger partial charge is 0.339 e. The van der Waals surface area contributed by atoms with Gasteiger partial charge in [0, 0.05) is 12.1 Å². The van der Waals surface area contributed by atoms with Crippen molar-refractivity contribution in [1.29, 1.82) is 0 Å². The van der Waals surface area contributed by atoms with Gasteiger partial charge in [0.2, 0.25) is 5.91 Å². The maximum Gasteiger partial charge on any atom is 0.263 e. The highest BCUT2D eigenvalue weighted by Gasteiger charge is 2.22. The Kier molecular flexibility index (Phi) is 7.42. The third kappa shape index (κ3) is 6.16. The van der Waals surface area contributed by atoms with Gasteiger partial charge < -0.3 is 15.4 Å². The predicted molar refractivity (Wildman–Crippen MR) is 115 cm³/mol. The summed E-state index contributed by atoms with van der Waals surface area (Å²) < 4.78 is 0.984. The number of carbonyl (C=O) groups is 3. The number of rotatable bonds is 10. The Bertz CT molecular complexity index is 985. The Labute approximate surface area is 176 Å². The highest BCUT2D eigenvalue weighted by Crippen LogP contribution is 2.22. The van der Waals surface area contributed by atoms with Crippen molar-refractivity contribution >= 4 is 56.2 Å². The molecule has 0 saturated carbocycles. The van der Waals surface area contributed by atoms with Crippen LogP contribution in [-0.4, -0.2) is 33.6 Å². The fraction of sp³-hybridized carbons (Fsp3) is 0.350. The molecule has 0 aliphatic heterocycles. The summed E-state index contributed by atoms with van der Waals surface area (Å²) in [4.78, 5) is 45.0. The van der Waals surface area contributed by atoms with Gasteiger partial charge in [0.15, 0.2) is 0 Å². The number of benzene rings is 1. The Balaban J connectivity index is 1.63. The minimum Gasteiger partial charge on any atom is -0.339 e. The number of carbonyl (C=O) groups excluding carboxylic acids is 3. The maximum absolute atomic E-state index is 12.9. The molecule has 3 rings (SSSR count). The van der Waals surface area contributed by atoms with Crippen LogP contribution in [0, 0.1) is 0 Å². The monoisotopic (exact) mass is 430 g/mol. The lowest BCUT2D eigenvalue weighted by atomic mass is 10.1. The quantitative estimate of drug-likeness (QED) is 0.473. The smallest absolute Gasteiger partial charge is 0.263 e. The van der Waals surface area contributed by atoms with Crippen LogP contribution in [0.15, 0.2) is 35.4 Å². The van der Waals surface area contributed by atoms with Crippen molar-refractivity contribution in [2.75, 3.05) is 5.32 Å². The maximum atomic E-state index is 12.9. The fourth-order valence-corrected chi connectivity index (χ4v) is 4.13. The molecule has 2 aromatic heterocycles. The molecule has 152 valence electrons. The average molecular weight is 431 g/mol. The van der Waals surface area contributed by atoms with Crippen LogP contribution in [0.25, 0.3) is 10.2 Å². The number of hydrogen-bond donors (Lipinski definition) is 2. The number of ketones is 1. The summed E-state index contributed by atoms with van der Waals surface area (Å²) in [7, 11) is 0. The number of unbranched alkanes of at least 4 members (excludes halogenated alkanes) is 2. The number of Topliss-reactive ketones (excluding diaryl/α,β-unsaturated/α-hetero) is 1. The minimum absolute atomic E-state index is 0.163. The molecule has 0 aliphatic carbocycles. The van der Waals surface area contributed by atoms with Gasteiger partial charge in [0.25, 0.3) is 5.91 Å². The van der Waals surface area contributed by atoms with Crippen molar-refractivity contribution in [3.05, 3.63) is 40.3 Å². The molecular formula is C20H22N4O3S2. The summed E-state index contributed by atoms with van der Waals surface area (Å²) in [6, 6.07) is 4.86. The van der Waals surface area contributed by atoms with Crippen LogP contribution in [0.5, 0.6) is 0 Å². The van der Waals surface area contributed by atoms with Gasteiger partial charge in [-0.15, -0.1) is 22.7 Å². The molecule has 9 heteroatoms. The molecule has 3 aromatic rings. The first-order valence-corrected chi connectivity index (χ1v) is 11.1. The van der Waals surface area contributed by atoms with Crippen LogP contribution in [0.4, 0.5) is 5.69 Å². The van der Waals surface area contributed by atoms with Crippen LogP contribution in [0.1, 0.15) is 48.7 Å². The molecule has 0 radical (unpaired) electrons. The van der Waals surface area contributed by atoms with Crippen LogP contribution in [-0.2, 0) is 9.59 Å². The van der Waals surface area contributed by atoms with E-state index in [2.05, 4.69) is 20.6 Å². The molecule has 0 fully saturated rings. The van der Waals surface area contributed by atoms with Gasteiger partial charge >= 0.3 is 0 Å². The van der Waals surface area contributed by atoms with Crippen molar-refractivity contribution in [1.82, 2.24) is 15.3 Å². The first kappa shape index (κ1) is 21.1. The molecule has 0 spiro atoms. The van der Waals surface area contributed by atoms with Crippen molar-refractivity contribution in [2.24, 2.45) is 0 Å². The van der Waals surface area contributed by atoms with Gasteiger partial charge in [-0.05, 0) is 38.0 Å². The third-order valence-corrected chi connectivity index (χ3v) is 5.96. The van der Waals surface area contributed by atoms with Crippen LogP contribution in [0.2, 0.25) is 0 Å². The molecule has 1 aromatic carbocycles. The predicted octanol–water partition coefficient (Wildman–Crippen LogP) is 4.03. The van der Waals surface area contributed by atoms with E-state index in [4.69, 9.17) is 0 Å². The Morgan fingerprint density at radius 3 is 2.72 bits per heavy atom. The normalized spacial score (nSPS) is 11.9. The number of thiazole rings is 2. The van der Waals surface area contributed by atoms with E-state index in [1.54, 1.807) is 24.0 Å². The number of anilines is 1. The summed E-state index contributed by atoms with van der Waals surface area (Å²) in [5, 5.41) is 5.71. The Morgan fingerprint density at radius 1 is 1.10 bits per heavy atom. The van der Waals surface area contributed by atoms with E-state index < -0.39 is 6.04 Å². The molecule has 2 heterocycles. The van der Waals surface area contributed by atoms with Gasteiger partial charge in [-0.2, -0.15) is 0 Å². The summed E-state index contributed by atoms with van der Waals surface area (Å²) >= 11 is 2.73. The minimum atomic E-state index is -0.668.